The van der Waals surface area contributed by atoms with E-state index in [1.807, 2.05) is 6.92 Å². The number of alkyl halides is 4. The van der Waals surface area contributed by atoms with Crippen LogP contribution in [0.1, 0.15) is 144 Å². The Morgan fingerprint density at radius 3 is 0.699 bits per heavy atom. The molecule has 8 aromatic carbocycles. The van der Waals surface area contributed by atoms with Gasteiger partial charge in [0.2, 0.25) is 23.8 Å². The predicted molar refractivity (Wildman–Crippen MR) is 488 cm³/mol. The van der Waals surface area contributed by atoms with E-state index in [0.717, 1.165) is 62.7 Å². The zero-order valence-corrected chi connectivity index (χ0v) is 74.2. The molecule has 8 heterocycles. The molecular weight excluding hydrogens is 1780 g/mol. The number of anilines is 4. The van der Waals surface area contributed by atoms with Crippen molar-refractivity contribution in [2.75, 3.05) is 49.1 Å². The first-order valence-electron chi connectivity index (χ1n) is 41.9. The van der Waals surface area contributed by atoms with E-state index in [9.17, 15) is 52.8 Å². The number of nitrogen functional groups attached to an aromatic ring is 4. The summed E-state index contributed by atoms with van der Waals surface area (Å²) in [6, 6.07) is 46.2. The summed E-state index contributed by atoms with van der Waals surface area (Å²) in [4.78, 5) is 67.6. The minimum Gasteiger partial charge on any atom is -0.385 e. The summed E-state index contributed by atoms with van der Waals surface area (Å²) >= 11 is 0. The van der Waals surface area contributed by atoms with Crippen molar-refractivity contribution in [1.29, 1.82) is 0 Å². The number of carbonyl (C=O) groups excluding carboxylic acids is 4. The summed E-state index contributed by atoms with van der Waals surface area (Å²) in [7, 11) is 0. The van der Waals surface area contributed by atoms with Crippen molar-refractivity contribution >= 4 is 70.0 Å². The van der Waals surface area contributed by atoms with Crippen molar-refractivity contribution in [1.82, 2.24) is 79.7 Å². The fourth-order valence-electron chi connectivity index (χ4n) is 14.8. The molecule has 0 bridgehead atoms. The van der Waals surface area contributed by atoms with Crippen molar-refractivity contribution in [2.45, 2.75) is 109 Å². The minimum atomic E-state index is -2.30. The number of aliphatic hydroxyl groups is 4. The third-order valence-electron chi connectivity index (χ3n) is 22.6. The number of aryl methyl sites for hydroxylation is 5. The van der Waals surface area contributed by atoms with E-state index >= 15 is 35.1 Å². The normalized spacial score (nSPS) is 14.1. The van der Waals surface area contributed by atoms with Crippen LogP contribution >= 0.6 is 0 Å². The molecule has 0 fully saturated rings. The number of nitrogens with one attached hydrogen (secondary N) is 4. The van der Waals surface area contributed by atoms with Crippen molar-refractivity contribution in [2.24, 2.45) is 0 Å². The van der Waals surface area contributed by atoms with Gasteiger partial charge in [0, 0.05) is 47.0 Å². The molecule has 0 aliphatic carbocycles. The Bertz CT molecular complexity index is 6320. The van der Waals surface area contributed by atoms with Crippen molar-refractivity contribution in [3.63, 3.8) is 0 Å². The molecule has 704 valence electrons. The van der Waals surface area contributed by atoms with Gasteiger partial charge in [0.05, 0.1) is 48.4 Å². The van der Waals surface area contributed by atoms with Gasteiger partial charge in [0.25, 0.3) is 23.6 Å². The lowest BCUT2D eigenvalue weighted by Gasteiger charge is -2.27. The quantitative estimate of drug-likeness (QED) is 0.0250. The number of aliphatic hydroxyl groups excluding tert-OH is 4. The van der Waals surface area contributed by atoms with Gasteiger partial charge < -0.3 is 64.6 Å². The monoisotopic (exact) mass is 1870 g/mol. The number of hydrogen-bond donors (Lipinski definition) is 12. The zero-order chi connectivity index (χ0) is 98.5. The van der Waals surface area contributed by atoms with E-state index in [-0.39, 0.29) is 85.0 Å². The summed E-state index contributed by atoms with van der Waals surface area (Å²) in [5.41, 5.74) is 19.8. The predicted octanol–water partition coefficient (Wildman–Crippen LogP) is 15.2. The van der Waals surface area contributed by atoms with Crippen LogP contribution in [-0.4, -0.2) is 151 Å². The molecule has 0 spiro atoms. The van der Waals surface area contributed by atoms with Crippen molar-refractivity contribution in [3.8, 4) is 44.5 Å². The van der Waals surface area contributed by atoms with E-state index in [1.54, 1.807) is 156 Å². The average molecular weight is 1870 g/mol. The Kier molecular flexibility index (Phi) is 28.8. The van der Waals surface area contributed by atoms with Crippen LogP contribution in [0.2, 0.25) is 0 Å². The molecule has 136 heavy (non-hydrogen) atoms. The lowest BCUT2D eigenvalue weighted by atomic mass is 9.93. The van der Waals surface area contributed by atoms with Crippen LogP contribution in [-0.2, 0) is 0 Å². The molecule has 0 saturated carbocycles. The zero-order valence-electron chi connectivity index (χ0n) is 74.2. The fraction of sp³-hybridized carbons (Fsp3) is 0.216. The highest BCUT2D eigenvalue weighted by molar-refractivity contribution is 6.00. The van der Waals surface area contributed by atoms with Gasteiger partial charge in [-0.3, -0.25) is 19.2 Å². The molecule has 0 saturated heterocycles. The lowest BCUT2D eigenvalue weighted by molar-refractivity contribution is 0.00350. The van der Waals surface area contributed by atoms with E-state index < -0.39 is 138 Å². The van der Waals surface area contributed by atoms with Crippen LogP contribution in [0.5, 0.6) is 0 Å². The molecule has 8 aromatic heterocycles. The largest absolute Gasteiger partial charge is 0.385 e. The number of rotatable bonds is 24. The van der Waals surface area contributed by atoms with Crippen LogP contribution in [0.15, 0.2) is 219 Å². The molecule has 16 aromatic rings. The Morgan fingerprint density at radius 1 is 0.309 bits per heavy atom. The van der Waals surface area contributed by atoms with Gasteiger partial charge in [-0.2, -0.15) is 19.9 Å². The van der Waals surface area contributed by atoms with Gasteiger partial charge >= 0.3 is 0 Å². The number of nitrogens with zero attached hydrogens (tertiary/aromatic N) is 12. The van der Waals surface area contributed by atoms with Crippen LogP contribution in [0, 0.1) is 75.3 Å². The van der Waals surface area contributed by atoms with E-state index in [2.05, 4.69) is 61.6 Å². The second-order valence-electron chi connectivity index (χ2n) is 33.2. The SMILES string of the molecule is Cc1ccc(-c2ccn3nc(N)nc3c2)c(F)c1C(=O)NC[C@@](C)(F)[C@@H](O)c1ccc(F)cc1.Cc1ccc(-c2ccn3nc(N)nc3c2)c(F)c1C(=O)NC[C@@](C)(F)[C@H](O)c1ccc(F)cc1.Cc1ccc(-c2ccn3nc(N)nc3c2)c(F)c1C(=O)NC[C@](C)(F)[C@@H](O)c1ccc(F)cc1.Cc1ccc([C@@H](O)[C@@](C)(F)CNC(=O)c2c(C)ccc(-c3ccn4nc(N)nc4c3)c2F)cc1. The van der Waals surface area contributed by atoms with E-state index in [1.165, 1.54) is 79.6 Å². The first-order valence-corrected chi connectivity index (χ1v) is 41.9. The van der Waals surface area contributed by atoms with Gasteiger partial charge in [-0.05, 0) is 214 Å². The third-order valence-corrected chi connectivity index (χ3v) is 22.6. The van der Waals surface area contributed by atoms with Gasteiger partial charge in [-0.15, -0.1) is 20.4 Å². The smallest absolute Gasteiger partial charge is 0.254 e. The van der Waals surface area contributed by atoms with Crippen LogP contribution in [0.25, 0.3) is 67.1 Å². The maximum absolute atomic E-state index is 15.5. The first-order chi connectivity index (χ1) is 64.3. The van der Waals surface area contributed by atoms with E-state index in [4.69, 9.17) is 22.9 Å². The summed E-state index contributed by atoms with van der Waals surface area (Å²) in [6.45, 7) is 10.3. The Morgan fingerprint density at radius 2 is 0.500 bits per heavy atom. The number of pyridine rings is 4. The molecular formula is C97H91F11N20O8. The fourth-order valence-corrected chi connectivity index (χ4v) is 14.8. The van der Waals surface area contributed by atoms with Crippen molar-refractivity contribution < 1.29 is 87.9 Å². The van der Waals surface area contributed by atoms with Crippen LogP contribution in [0.4, 0.5) is 72.1 Å². The number of carbonyl (C=O) groups is 4. The number of aromatic nitrogens is 12. The second kappa shape index (κ2) is 40.1. The number of halogens is 11. The lowest BCUT2D eigenvalue weighted by Crippen LogP contribution is -2.42. The Hall–Kier alpha value is -15.6. The molecule has 39 heteroatoms. The van der Waals surface area contributed by atoms with E-state index in [0.29, 0.717) is 72.7 Å². The third kappa shape index (κ3) is 22.0. The highest BCUT2D eigenvalue weighted by Crippen LogP contribution is 2.38. The summed E-state index contributed by atoms with van der Waals surface area (Å²) < 4.78 is 168. The molecule has 0 aliphatic heterocycles. The molecule has 16 N–H and O–H groups in total. The molecule has 0 aliphatic rings. The standard InChI is InChI=1S/C25H25F2N5O2.3C24H22F3N5O2/c1-14-4-7-16(8-5-14)22(33)25(3,27)13-29-23(34)20-15(2)6-9-18(21(20)26)17-10-11-32-19(12-17)30-24(28)31-32;3*1-13-3-8-17(15-9-10-32-18(11-15)30-23(28)31-32)20(26)19(13)22(34)29-12-24(2,27)21(33)14-4-6-16(25)7-5-14/h4-12,22,33H,13H2,1-3H3,(H2,28,31)(H,29,34);3*3-11,21,33H,12H2,1-2H3,(H2,28,31)(H,29,34)/t22-,25+;21-,24+;2*21-,24-/m1010/s1. The number of hydrogen-bond acceptors (Lipinski definition) is 20. The second-order valence-corrected chi connectivity index (χ2v) is 33.2. The molecule has 0 radical (unpaired) electrons. The number of nitrogens with two attached hydrogens (primary N) is 4. The summed E-state index contributed by atoms with van der Waals surface area (Å²) in [5, 5.41) is 67.0. The Balaban J connectivity index is 0.000000153. The topological polar surface area (TPSA) is 422 Å². The van der Waals surface area contributed by atoms with Gasteiger partial charge in [0.15, 0.2) is 45.3 Å². The maximum Gasteiger partial charge on any atom is 0.254 e. The molecule has 4 amide bonds. The van der Waals surface area contributed by atoms with Crippen LogP contribution in [0.3, 0.4) is 0 Å². The molecule has 0 unspecified atom stereocenters. The number of benzene rings is 8. The molecule has 8 atom stereocenters. The Labute approximate surface area is 769 Å². The maximum atomic E-state index is 15.5. The van der Waals surface area contributed by atoms with Gasteiger partial charge in [0.1, 0.15) is 65.1 Å². The van der Waals surface area contributed by atoms with Gasteiger partial charge in [-0.1, -0.05) is 115 Å². The molecule has 16 rings (SSSR count). The summed E-state index contributed by atoms with van der Waals surface area (Å²) in [5.74, 6) is -7.65. The first kappa shape index (κ1) is 97.9. The molecule has 28 nitrogen and oxygen atoms in total. The van der Waals surface area contributed by atoms with Crippen molar-refractivity contribution in [3.05, 3.63) is 332 Å². The summed E-state index contributed by atoms with van der Waals surface area (Å²) in [6.07, 6.45) is -0.0642. The highest BCUT2D eigenvalue weighted by atomic mass is 19.2. The highest BCUT2D eigenvalue weighted by Gasteiger charge is 2.40. The number of fused-ring (bicyclic) bond motifs is 4. The van der Waals surface area contributed by atoms with Crippen LogP contribution < -0.4 is 44.2 Å². The number of amides is 4. The van der Waals surface area contributed by atoms with Gasteiger partial charge in [-0.25, -0.2) is 66.4 Å². The minimum absolute atomic E-state index is 0.0682. The average Bonchev–Trinajstić information content (AvgIpc) is 1.42.